The van der Waals surface area contributed by atoms with Gasteiger partial charge in [0, 0.05) is 24.0 Å². The van der Waals surface area contributed by atoms with Gasteiger partial charge < -0.3 is 4.90 Å². The monoisotopic (exact) mass is 322 g/mol. The molecule has 1 aliphatic rings. The highest BCUT2D eigenvalue weighted by molar-refractivity contribution is 7.09. The van der Waals surface area contributed by atoms with Crippen LogP contribution in [0.5, 0.6) is 0 Å². The number of aromatic nitrogens is 1. The van der Waals surface area contributed by atoms with Gasteiger partial charge in [-0.25, -0.2) is 13.8 Å². The summed E-state index contributed by atoms with van der Waals surface area (Å²) in [7, 11) is 0. The van der Waals surface area contributed by atoms with Crippen molar-refractivity contribution in [2.75, 3.05) is 0 Å². The van der Waals surface area contributed by atoms with Crippen LogP contribution in [0.2, 0.25) is 0 Å². The first kappa shape index (κ1) is 15.1. The topological polar surface area (TPSA) is 33.2 Å². The van der Waals surface area contributed by atoms with E-state index in [4.69, 9.17) is 0 Å². The number of aryl methyl sites for hydroxylation is 1. The van der Waals surface area contributed by atoms with E-state index in [-0.39, 0.29) is 5.91 Å². The predicted molar refractivity (Wildman–Crippen MR) is 80.4 cm³/mol. The van der Waals surface area contributed by atoms with E-state index in [2.05, 4.69) is 4.98 Å². The van der Waals surface area contributed by atoms with Crippen LogP contribution in [0.15, 0.2) is 29.8 Å². The Morgan fingerprint density at radius 1 is 1.32 bits per heavy atom. The molecular formula is C16H16F2N2OS. The van der Waals surface area contributed by atoms with E-state index in [0.717, 1.165) is 30.0 Å². The number of carbonyl (C=O) groups excluding carboxylic acids is 1. The number of carbonyl (C=O) groups is 1. The molecule has 1 amide bonds. The third-order valence-electron chi connectivity index (χ3n) is 3.71. The molecule has 2 aromatic rings. The Kier molecular flexibility index (Phi) is 4.47. The first-order chi connectivity index (χ1) is 10.6. The molecule has 1 aromatic heterocycles. The van der Waals surface area contributed by atoms with Crippen LogP contribution >= 0.6 is 11.3 Å². The first-order valence-corrected chi connectivity index (χ1v) is 8.13. The van der Waals surface area contributed by atoms with Gasteiger partial charge in [0.1, 0.15) is 5.01 Å². The lowest BCUT2D eigenvalue weighted by atomic mass is 10.1. The number of halogens is 2. The highest BCUT2D eigenvalue weighted by Gasteiger charge is 2.32. The van der Waals surface area contributed by atoms with E-state index in [1.165, 1.54) is 17.4 Å². The van der Waals surface area contributed by atoms with E-state index in [1.807, 2.05) is 10.3 Å². The van der Waals surface area contributed by atoms with Crippen LogP contribution in [-0.2, 0) is 17.8 Å². The van der Waals surface area contributed by atoms with Crippen LogP contribution in [0, 0.1) is 11.6 Å². The van der Waals surface area contributed by atoms with Gasteiger partial charge in [0.15, 0.2) is 11.6 Å². The average Bonchev–Trinajstić information content (AvgIpc) is 3.22. The molecule has 116 valence electrons. The maximum absolute atomic E-state index is 13.2. The zero-order valence-electron chi connectivity index (χ0n) is 12.0. The molecular weight excluding hydrogens is 306 g/mol. The van der Waals surface area contributed by atoms with Crippen LogP contribution in [0.1, 0.15) is 29.8 Å². The standard InChI is InChI=1S/C16H16F2N2OS/c17-13-5-1-11(9-14(13)18)2-6-16(21)20(12-3-4-12)10-15-19-7-8-22-15/h1,5,7-9,12H,2-4,6,10H2. The summed E-state index contributed by atoms with van der Waals surface area (Å²) in [5.41, 5.74) is 0.636. The second-order valence-electron chi connectivity index (χ2n) is 5.43. The number of hydrogen-bond acceptors (Lipinski definition) is 3. The fourth-order valence-electron chi connectivity index (χ4n) is 2.37. The number of thiazole rings is 1. The molecule has 1 saturated carbocycles. The Morgan fingerprint density at radius 3 is 2.77 bits per heavy atom. The van der Waals surface area contributed by atoms with Crippen molar-refractivity contribution in [2.45, 2.75) is 38.3 Å². The SMILES string of the molecule is O=C(CCc1ccc(F)c(F)c1)N(Cc1nccs1)C1CC1. The lowest BCUT2D eigenvalue weighted by Gasteiger charge is -2.21. The molecule has 3 nitrogen and oxygen atoms in total. The lowest BCUT2D eigenvalue weighted by molar-refractivity contribution is -0.132. The second kappa shape index (κ2) is 6.52. The Bertz CT molecular complexity index is 656. The Balaban J connectivity index is 1.60. The predicted octanol–water partition coefficient (Wildman–Crippen LogP) is 3.55. The molecule has 0 spiro atoms. The van der Waals surface area contributed by atoms with Crippen molar-refractivity contribution in [3.05, 3.63) is 52.0 Å². The summed E-state index contributed by atoms with van der Waals surface area (Å²) in [6.07, 6.45) is 4.51. The van der Waals surface area contributed by atoms with Gasteiger partial charge in [-0.2, -0.15) is 0 Å². The van der Waals surface area contributed by atoms with Crippen molar-refractivity contribution in [3.63, 3.8) is 0 Å². The summed E-state index contributed by atoms with van der Waals surface area (Å²) >= 11 is 1.54. The number of nitrogens with zero attached hydrogens (tertiary/aromatic N) is 2. The second-order valence-corrected chi connectivity index (χ2v) is 6.41. The molecule has 0 unspecified atom stereocenters. The Labute approximate surface area is 131 Å². The van der Waals surface area contributed by atoms with Crippen molar-refractivity contribution in [1.29, 1.82) is 0 Å². The highest BCUT2D eigenvalue weighted by atomic mass is 32.1. The number of amides is 1. The lowest BCUT2D eigenvalue weighted by Crippen LogP contribution is -2.32. The van der Waals surface area contributed by atoms with Crippen LogP contribution in [0.25, 0.3) is 0 Å². The van der Waals surface area contributed by atoms with Gasteiger partial charge in [0.05, 0.1) is 6.54 Å². The van der Waals surface area contributed by atoms with Gasteiger partial charge in [0.2, 0.25) is 5.91 Å². The summed E-state index contributed by atoms with van der Waals surface area (Å²) in [5, 5.41) is 2.82. The minimum atomic E-state index is -0.869. The molecule has 0 N–H and O–H groups in total. The van der Waals surface area contributed by atoms with E-state index in [9.17, 15) is 13.6 Å². The van der Waals surface area contributed by atoms with Gasteiger partial charge in [-0.05, 0) is 37.0 Å². The molecule has 1 aliphatic carbocycles. The van der Waals surface area contributed by atoms with Crippen molar-refractivity contribution < 1.29 is 13.6 Å². The Hall–Kier alpha value is -1.82. The van der Waals surface area contributed by atoms with E-state index in [0.29, 0.717) is 31.0 Å². The van der Waals surface area contributed by atoms with Gasteiger partial charge in [-0.15, -0.1) is 11.3 Å². The molecule has 0 bridgehead atoms. The third-order valence-corrected chi connectivity index (χ3v) is 4.47. The van der Waals surface area contributed by atoms with E-state index < -0.39 is 11.6 Å². The van der Waals surface area contributed by atoms with Crippen LogP contribution in [0.4, 0.5) is 8.78 Å². The quantitative estimate of drug-likeness (QED) is 0.815. The first-order valence-electron chi connectivity index (χ1n) is 7.25. The maximum Gasteiger partial charge on any atom is 0.223 e. The van der Waals surface area contributed by atoms with Crippen molar-refractivity contribution in [3.8, 4) is 0 Å². The summed E-state index contributed by atoms with van der Waals surface area (Å²) < 4.78 is 26.1. The van der Waals surface area contributed by atoms with Gasteiger partial charge in [-0.3, -0.25) is 4.79 Å². The zero-order valence-corrected chi connectivity index (χ0v) is 12.8. The van der Waals surface area contributed by atoms with Crippen LogP contribution < -0.4 is 0 Å². The van der Waals surface area contributed by atoms with E-state index in [1.54, 1.807) is 6.20 Å². The number of rotatable bonds is 6. The van der Waals surface area contributed by atoms with E-state index >= 15 is 0 Å². The van der Waals surface area contributed by atoms with Gasteiger partial charge >= 0.3 is 0 Å². The molecule has 0 radical (unpaired) electrons. The molecule has 22 heavy (non-hydrogen) atoms. The van der Waals surface area contributed by atoms with Gasteiger partial charge in [0.25, 0.3) is 0 Å². The molecule has 1 heterocycles. The molecule has 1 fully saturated rings. The molecule has 1 aromatic carbocycles. The summed E-state index contributed by atoms with van der Waals surface area (Å²) in [4.78, 5) is 18.5. The maximum atomic E-state index is 13.2. The van der Waals surface area contributed by atoms with Crippen molar-refractivity contribution >= 4 is 17.2 Å². The molecule has 0 saturated heterocycles. The smallest absolute Gasteiger partial charge is 0.223 e. The number of hydrogen-bond donors (Lipinski definition) is 0. The molecule has 3 rings (SSSR count). The third kappa shape index (κ3) is 3.68. The average molecular weight is 322 g/mol. The molecule has 0 aliphatic heterocycles. The van der Waals surface area contributed by atoms with Crippen molar-refractivity contribution in [2.24, 2.45) is 0 Å². The minimum Gasteiger partial charge on any atom is -0.333 e. The molecule has 0 atom stereocenters. The summed E-state index contributed by atoms with van der Waals surface area (Å²) in [5.74, 6) is -1.69. The summed E-state index contributed by atoms with van der Waals surface area (Å²) in [6.45, 7) is 0.541. The molecule has 6 heteroatoms. The minimum absolute atomic E-state index is 0.0439. The summed E-state index contributed by atoms with van der Waals surface area (Å²) in [6, 6.07) is 4.09. The van der Waals surface area contributed by atoms with Crippen molar-refractivity contribution in [1.82, 2.24) is 9.88 Å². The van der Waals surface area contributed by atoms with Crippen LogP contribution in [0.3, 0.4) is 0 Å². The van der Waals surface area contributed by atoms with Crippen LogP contribution in [-0.4, -0.2) is 21.8 Å². The fraction of sp³-hybridized carbons (Fsp3) is 0.375. The van der Waals surface area contributed by atoms with Gasteiger partial charge in [-0.1, -0.05) is 6.07 Å². The fourth-order valence-corrected chi connectivity index (χ4v) is 2.99. The zero-order chi connectivity index (χ0) is 15.5. The number of benzene rings is 1. The Morgan fingerprint density at radius 2 is 2.14 bits per heavy atom. The largest absolute Gasteiger partial charge is 0.333 e. The normalized spacial score (nSPS) is 14.1. The highest BCUT2D eigenvalue weighted by Crippen LogP contribution is 2.29.